The molecule has 1 amide bonds. The Labute approximate surface area is 116 Å². The van der Waals surface area contributed by atoms with E-state index in [2.05, 4.69) is 21.2 Å². The van der Waals surface area contributed by atoms with Gasteiger partial charge >= 0.3 is 0 Å². The van der Waals surface area contributed by atoms with Crippen molar-refractivity contribution >= 4 is 27.5 Å². The summed E-state index contributed by atoms with van der Waals surface area (Å²) in [6.45, 7) is 4.78. The standard InChI is InChI=1S/C13H19BrN2O2/c1-3-18-10(8-15)7-13(17)16-12-5-4-9(2)6-11(12)14/h4-6,10H,3,7-8,15H2,1-2H3,(H,16,17). The summed E-state index contributed by atoms with van der Waals surface area (Å²) in [5.74, 6) is -0.0940. The first-order chi connectivity index (χ1) is 8.56. The molecule has 3 N–H and O–H groups in total. The Morgan fingerprint density at radius 1 is 1.56 bits per heavy atom. The van der Waals surface area contributed by atoms with Crippen LogP contribution in [0.1, 0.15) is 18.9 Å². The Morgan fingerprint density at radius 2 is 2.28 bits per heavy atom. The second-order valence-electron chi connectivity index (χ2n) is 4.05. The van der Waals surface area contributed by atoms with Gasteiger partial charge in [-0.15, -0.1) is 0 Å². The minimum absolute atomic E-state index is 0.0940. The molecule has 0 aliphatic carbocycles. The Kier molecular flexibility index (Phi) is 6.32. The van der Waals surface area contributed by atoms with Crippen molar-refractivity contribution in [3.05, 3.63) is 28.2 Å². The van der Waals surface area contributed by atoms with Gasteiger partial charge in [0.1, 0.15) is 0 Å². The minimum Gasteiger partial charge on any atom is -0.377 e. The fourth-order valence-electron chi connectivity index (χ4n) is 1.58. The Bertz CT molecular complexity index is 410. The number of carbonyl (C=O) groups excluding carboxylic acids is 1. The van der Waals surface area contributed by atoms with Gasteiger partial charge in [0.25, 0.3) is 0 Å². The highest BCUT2D eigenvalue weighted by atomic mass is 79.9. The second-order valence-corrected chi connectivity index (χ2v) is 4.90. The summed E-state index contributed by atoms with van der Waals surface area (Å²) in [6, 6.07) is 5.78. The van der Waals surface area contributed by atoms with Crippen LogP contribution >= 0.6 is 15.9 Å². The fourth-order valence-corrected chi connectivity index (χ4v) is 2.17. The van der Waals surface area contributed by atoms with Crippen LogP contribution in [0.15, 0.2) is 22.7 Å². The Hall–Kier alpha value is -0.910. The first kappa shape index (κ1) is 15.1. The number of ether oxygens (including phenoxy) is 1. The molecule has 5 heteroatoms. The van der Waals surface area contributed by atoms with Gasteiger partial charge in [0.15, 0.2) is 0 Å². The molecule has 0 fully saturated rings. The van der Waals surface area contributed by atoms with Gasteiger partial charge in [-0.05, 0) is 47.5 Å². The van der Waals surface area contributed by atoms with E-state index in [1.807, 2.05) is 32.0 Å². The van der Waals surface area contributed by atoms with Gasteiger partial charge in [-0.1, -0.05) is 6.07 Å². The molecule has 0 aliphatic heterocycles. The molecule has 0 saturated carbocycles. The summed E-state index contributed by atoms with van der Waals surface area (Å²) in [6.07, 6.45) is 0.0456. The SMILES string of the molecule is CCOC(CN)CC(=O)Nc1ccc(C)cc1Br. The number of rotatable bonds is 6. The summed E-state index contributed by atoms with van der Waals surface area (Å²) in [5.41, 5.74) is 7.43. The van der Waals surface area contributed by atoms with Crippen LogP contribution in [0.3, 0.4) is 0 Å². The zero-order valence-electron chi connectivity index (χ0n) is 10.7. The Balaban J connectivity index is 2.58. The van der Waals surface area contributed by atoms with E-state index in [9.17, 15) is 4.79 Å². The van der Waals surface area contributed by atoms with E-state index in [1.54, 1.807) is 0 Å². The largest absolute Gasteiger partial charge is 0.377 e. The second kappa shape index (κ2) is 7.51. The maximum atomic E-state index is 11.8. The molecule has 0 aliphatic rings. The number of nitrogens with two attached hydrogens (primary N) is 1. The lowest BCUT2D eigenvalue weighted by Gasteiger charge is -2.15. The lowest BCUT2D eigenvalue weighted by atomic mass is 10.2. The summed E-state index contributed by atoms with van der Waals surface area (Å²) >= 11 is 3.42. The molecule has 1 rings (SSSR count). The molecule has 0 radical (unpaired) electrons. The van der Waals surface area contributed by atoms with Crippen LogP contribution in [0.4, 0.5) is 5.69 Å². The van der Waals surface area contributed by atoms with Crippen LogP contribution in [-0.4, -0.2) is 25.2 Å². The van der Waals surface area contributed by atoms with E-state index in [0.29, 0.717) is 13.2 Å². The van der Waals surface area contributed by atoms with Gasteiger partial charge in [-0.25, -0.2) is 0 Å². The summed E-state index contributed by atoms with van der Waals surface area (Å²) in [5, 5.41) is 2.84. The molecule has 1 atom stereocenters. The van der Waals surface area contributed by atoms with Crippen molar-refractivity contribution in [2.24, 2.45) is 5.73 Å². The molecule has 0 heterocycles. The zero-order chi connectivity index (χ0) is 13.5. The van der Waals surface area contributed by atoms with Crippen molar-refractivity contribution in [3.8, 4) is 0 Å². The molecule has 0 aromatic heterocycles. The van der Waals surface area contributed by atoms with Crippen LogP contribution in [0.2, 0.25) is 0 Å². The van der Waals surface area contributed by atoms with Crippen LogP contribution in [0.25, 0.3) is 0 Å². The highest BCUT2D eigenvalue weighted by Crippen LogP contribution is 2.23. The lowest BCUT2D eigenvalue weighted by Crippen LogP contribution is -2.29. The molecule has 1 unspecified atom stereocenters. The van der Waals surface area contributed by atoms with E-state index in [1.165, 1.54) is 0 Å². The van der Waals surface area contributed by atoms with Crippen LogP contribution < -0.4 is 11.1 Å². The van der Waals surface area contributed by atoms with E-state index < -0.39 is 0 Å². The molecule has 0 saturated heterocycles. The van der Waals surface area contributed by atoms with E-state index >= 15 is 0 Å². The topological polar surface area (TPSA) is 64.3 Å². The molecule has 0 bridgehead atoms. The van der Waals surface area contributed by atoms with Gasteiger partial charge in [0.05, 0.1) is 18.2 Å². The minimum atomic E-state index is -0.223. The smallest absolute Gasteiger partial charge is 0.227 e. The van der Waals surface area contributed by atoms with E-state index in [0.717, 1.165) is 15.7 Å². The van der Waals surface area contributed by atoms with Gasteiger partial charge in [-0.3, -0.25) is 4.79 Å². The first-order valence-electron chi connectivity index (χ1n) is 5.94. The number of carbonyl (C=O) groups is 1. The van der Waals surface area contributed by atoms with Crippen molar-refractivity contribution in [2.45, 2.75) is 26.4 Å². The van der Waals surface area contributed by atoms with Crippen molar-refractivity contribution in [1.82, 2.24) is 0 Å². The predicted octanol–water partition coefficient (Wildman–Crippen LogP) is 2.45. The van der Waals surface area contributed by atoms with Gasteiger partial charge in [0, 0.05) is 17.6 Å². The monoisotopic (exact) mass is 314 g/mol. The van der Waals surface area contributed by atoms with E-state index in [4.69, 9.17) is 10.5 Å². The molecule has 18 heavy (non-hydrogen) atoms. The first-order valence-corrected chi connectivity index (χ1v) is 6.73. The van der Waals surface area contributed by atoms with Crippen molar-refractivity contribution < 1.29 is 9.53 Å². The number of hydrogen-bond acceptors (Lipinski definition) is 3. The summed E-state index contributed by atoms with van der Waals surface area (Å²) < 4.78 is 6.22. The summed E-state index contributed by atoms with van der Waals surface area (Å²) in [4.78, 5) is 11.8. The zero-order valence-corrected chi connectivity index (χ0v) is 12.3. The van der Waals surface area contributed by atoms with Crippen molar-refractivity contribution in [3.63, 3.8) is 0 Å². The van der Waals surface area contributed by atoms with Crippen molar-refractivity contribution in [2.75, 3.05) is 18.5 Å². The van der Waals surface area contributed by atoms with Crippen LogP contribution in [0, 0.1) is 6.92 Å². The number of amides is 1. The Morgan fingerprint density at radius 3 is 2.83 bits per heavy atom. The number of halogens is 1. The van der Waals surface area contributed by atoms with E-state index in [-0.39, 0.29) is 18.4 Å². The van der Waals surface area contributed by atoms with Gasteiger partial charge in [-0.2, -0.15) is 0 Å². The lowest BCUT2D eigenvalue weighted by molar-refractivity contribution is -0.118. The number of benzene rings is 1. The normalized spacial score (nSPS) is 12.2. The number of hydrogen-bond donors (Lipinski definition) is 2. The highest BCUT2D eigenvalue weighted by molar-refractivity contribution is 9.10. The molecule has 0 spiro atoms. The van der Waals surface area contributed by atoms with Crippen LogP contribution in [0.5, 0.6) is 0 Å². The fraction of sp³-hybridized carbons (Fsp3) is 0.462. The van der Waals surface area contributed by atoms with Crippen LogP contribution in [-0.2, 0) is 9.53 Å². The molecular weight excluding hydrogens is 296 g/mol. The van der Waals surface area contributed by atoms with Crippen molar-refractivity contribution in [1.29, 1.82) is 0 Å². The number of nitrogens with one attached hydrogen (secondary N) is 1. The maximum Gasteiger partial charge on any atom is 0.227 e. The average molecular weight is 315 g/mol. The molecule has 100 valence electrons. The molecule has 4 nitrogen and oxygen atoms in total. The van der Waals surface area contributed by atoms with Gasteiger partial charge < -0.3 is 15.8 Å². The number of anilines is 1. The van der Waals surface area contributed by atoms with Gasteiger partial charge in [0.2, 0.25) is 5.91 Å². The number of aryl methyl sites for hydroxylation is 1. The third kappa shape index (κ3) is 4.76. The predicted molar refractivity (Wildman–Crippen MR) is 76.6 cm³/mol. The maximum absolute atomic E-state index is 11.8. The summed E-state index contributed by atoms with van der Waals surface area (Å²) in [7, 11) is 0. The third-order valence-electron chi connectivity index (χ3n) is 2.48. The quantitative estimate of drug-likeness (QED) is 0.847. The third-order valence-corrected chi connectivity index (χ3v) is 3.13. The molecule has 1 aromatic rings. The molecule has 1 aromatic carbocycles. The highest BCUT2D eigenvalue weighted by Gasteiger charge is 2.13. The molecular formula is C13H19BrN2O2. The average Bonchev–Trinajstić information content (AvgIpc) is 2.32.